The number of amides is 1. The van der Waals surface area contributed by atoms with Gasteiger partial charge in [-0.15, -0.1) is 0 Å². The van der Waals surface area contributed by atoms with Crippen molar-refractivity contribution in [2.24, 2.45) is 5.10 Å². The van der Waals surface area contributed by atoms with E-state index in [4.69, 9.17) is 28.4 Å². The van der Waals surface area contributed by atoms with Gasteiger partial charge < -0.3 is 28.4 Å². The SMILES string of the molecule is COc1cc(C=NNC(=O)COc2ccccc2C)ccc1OC(=O)c1cc(OC)c(OC)c(OC)c1. The van der Waals surface area contributed by atoms with Gasteiger partial charge in [0.25, 0.3) is 5.91 Å². The average molecular weight is 509 g/mol. The molecule has 0 bridgehead atoms. The van der Waals surface area contributed by atoms with Gasteiger partial charge in [0.05, 0.1) is 40.2 Å². The van der Waals surface area contributed by atoms with Crippen LogP contribution in [0.1, 0.15) is 21.5 Å². The molecular formula is C27H28N2O8. The lowest BCUT2D eigenvalue weighted by Crippen LogP contribution is -2.24. The molecule has 0 fully saturated rings. The first-order valence-corrected chi connectivity index (χ1v) is 11.1. The summed E-state index contributed by atoms with van der Waals surface area (Å²) in [4.78, 5) is 24.8. The Morgan fingerprint density at radius 2 is 1.49 bits per heavy atom. The zero-order valence-electron chi connectivity index (χ0n) is 21.2. The molecule has 0 saturated carbocycles. The minimum Gasteiger partial charge on any atom is -0.493 e. The highest BCUT2D eigenvalue weighted by Gasteiger charge is 2.19. The molecular weight excluding hydrogens is 480 g/mol. The lowest BCUT2D eigenvalue weighted by molar-refractivity contribution is -0.123. The largest absolute Gasteiger partial charge is 0.493 e. The fraction of sp³-hybridized carbons (Fsp3) is 0.222. The van der Waals surface area contributed by atoms with Crippen LogP contribution in [0.5, 0.6) is 34.5 Å². The number of hydrogen-bond donors (Lipinski definition) is 1. The third kappa shape index (κ3) is 6.91. The van der Waals surface area contributed by atoms with Crippen LogP contribution in [0, 0.1) is 6.92 Å². The number of ether oxygens (including phenoxy) is 6. The van der Waals surface area contributed by atoms with Crippen molar-refractivity contribution in [1.29, 1.82) is 0 Å². The number of carbonyl (C=O) groups is 2. The maximum atomic E-state index is 12.8. The summed E-state index contributed by atoms with van der Waals surface area (Å²) < 4.78 is 32.2. The molecule has 3 aromatic rings. The molecule has 3 rings (SSSR count). The summed E-state index contributed by atoms with van der Waals surface area (Å²) in [6, 6.07) is 15.2. The van der Waals surface area contributed by atoms with Gasteiger partial charge in [0.2, 0.25) is 5.75 Å². The van der Waals surface area contributed by atoms with Crippen LogP contribution in [-0.4, -0.2) is 53.1 Å². The zero-order chi connectivity index (χ0) is 26.8. The van der Waals surface area contributed by atoms with Gasteiger partial charge in [0.15, 0.2) is 29.6 Å². The van der Waals surface area contributed by atoms with Crippen LogP contribution in [0.25, 0.3) is 0 Å². The Labute approximate surface area is 214 Å². The van der Waals surface area contributed by atoms with Crippen LogP contribution in [0.15, 0.2) is 59.7 Å². The summed E-state index contributed by atoms with van der Waals surface area (Å²) in [5.74, 6) is 1.03. The Morgan fingerprint density at radius 1 is 0.811 bits per heavy atom. The number of para-hydroxylation sites is 1. The van der Waals surface area contributed by atoms with E-state index < -0.39 is 11.9 Å². The lowest BCUT2D eigenvalue weighted by atomic mass is 10.1. The van der Waals surface area contributed by atoms with E-state index in [2.05, 4.69) is 10.5 Å². The molecule has 0 atom stereocenters. The molecule has 1 amide bonds. The molecule has 0 aliphatic heterocycles. The van der Waals surface area contributed by atoms with E-state index in [1.54, 1.807) is 24.3 Å². The predicted octanol–water partition coefficient (Wildman–Crippen LogP) is 3.78. The molecule has 10 heteroatoms. The highest BCUT2D eigenvalue weighted by molar-refractivity contribution is 5.93. The minimum atomic E-state index is -0.653. The zero-order valence-corrected chi connectivity index (χ0v) is 21.2. The summed E-state index contributed by atoms with van der Waals surface area (Å²) in [5.41, 5.74) is 4.12. The Bertz CT molecular complexity index is 1260. The monoisotopic (exact) mass is 508 g/mol. The second-order valence-corrected chi connectivity index (χ2v) is 7.56. The van der Waals surface area contributed by atoms with E-state index >= 15 is 0 Å². The second kappa shape index (κ2) is 12.8. The molecule has 0 unspecified atom stereocenters. The molecule has 0 saturated heterocycles. The fourth-order valence-corrected chi connectivity index (χ4v) is 3.28. The molecule has 0 spiro atoms. The van der Waals surface area contributed by atoms with E-state index in [1.807, 2.05) is 25.1 Å². The summed E-state index contributed by atoms with van der Waals surface area (Å²) >= 11 is 0. The fourth-order valence-electron chi connectivity index (χ4n) is 3.28. The molecule has 0 heterocycles. The number of hydrazone groups is 1. The quantitative estimate of drug-likeness (QED) is 0.180. The van der Waals surface area contributed by atoms with Gasteiger partial charge in [-0.2, -0.15) is 5.10 Å². The van der Waals surface area contributed by atoms with E-state index in [0.29, 0.717) is 34.3 Å². The summed E-state index contributed by atoms with van der Waals surface area (Å²) in [6.45, 7) is 1.71. The van der Waals surface area contributed by atoms with Crippen molar-refractivity contribution < 1.29 is 38.0 Å². The van der Waals surface area contributed by atoms with Gasteiger partial charge in [-0.3, -0.25) is 4.79 Å². The maximum Gasteiger partial charge on any atom is 0.343 e. The number of carbonyl (C=O) groups excluding carboxylic acids is 2. The van der Waals surface area contributed by atoms with E-state index in [9.17, 15) is 9.59 Å². The smallest absolute Gasteiger partial charge is 0.343 e. The number of benzene rings is 3. The number of nitrogens with zero attached hydrogens (tertiary/aromatic N) is 1. The van der Waals surface area contributed by atoms with Gasteiger partial charge in [-0.25, -0.2) is 10.2 Å². The topological polar surface area (TPSA) is 114 Å². The van der Waals surface area contributed by atoms with Crippen molar-refractivity contribution in [1.82, 2.24) is 5.43 Å². The Kier molecular flexibility index (Phi) is 9.31. The summed E-state index contributed by atoms with van der Waals surface area (Å²) in [5, 5.41) is 3.94. The van der Waals surface area contributed by atoms with E-state index in [1.165, 1.54) is 46.8 Å². The number of aryl methyl sites for hydroxylation is 1. The molecule has 0 aliphatic carbocycles. The minimum absolute atomic E-state index is 0.179. The third-order valence-corrected chi connectivity index (χ3v) is 5.15. The van der Waals surface area contributed by atoms with Crippen LogP contribution < -0.4 is 33.8 Å². The molecule has 0 aromatic heterocycles. The lowest BCUT2D eigenvalue weighted by Gasteiger charge is -2.14. The molecule has 37 heavy (non-hydrogen) atoms. The molecule has 0 aliphatic rings. The van der Waals surface area contributed by atoms with Crippen molar-refractivity contribution in [3.8, 4) is 34.5 Å². The van der Waals surface area contributed by atoms with Crippen LogP contribution >= 0.6 is 0 Å². The van der Waals surface area contributed by atoms with Crippen LogP contribution in [0.4, 0.5) is 0 Å². The van der Waals surface area contributed by atoms with Gasteiger partial charge in [0, 0.05) is 0 Å². The molecule has 0 radical (unpaired) electrons. The Morgan fingerprint density at radius 3 is 2.11 bits per heavy atom. The van der Waals surface area contributed by atoms with Crippen molar-refractivity contribution in [2.45, 2.75) is 6.92 Å². The summed E-state index contributed by atoms with van der Waals surface area (Å²) in [7, 11) is 5.82. The predicted molar refractivity (Wildman–Crippen MR) is 136 cm³/mol. The highest BCUT2D eigenvalue weighted by atomic mass is 16.6. The number of nitrogens with one attached hydrogen (secondary N) is 1. The van der Waals surface area contributed by atoms with Crippen molar-refractivity contribution >= 4 is 18.1 Å². The normalized spacial score (nSPS) is 10.5. The summed E-state index contributed by atoms with van der Waals surface area (Å²) in [6.07, 6.45) is 1.43. The first kappa shape index (κ1) is 26.9. The van der Waals surface area contributed by atoms with Crippen molar-refractivity contribution in [3.63, 3.8) is 0 Å². The molecule has 1 N–H and O–H groups in total. The molecule has 10 nitrogen and oxygen atoms in total. The van der Waals surface area contributed by atoms with E-state index in [0.717, 1.165) is 5.56 Å². The number of esters is 1. The van der Waals surface area contributed by atoms with Crippen molar-refractivity contribution in [3.05, 3.63) is 71.3 Å². The number of rotatable bonds is 11. The van der Waals surface area contributed by atoms with Crippen LogP contribution in [0.2, 0.25) is 0 Å². The molecule has 194 valence electrons. The average Bonchev–Trinajstić information content (AvgIpc) is 2.92. The standard InChI is InChI=1S/C27H28N2O8/c1-17-8-6-7-9-20(17)36-16-25(30)29-28-15-18-10-11-21(22(12-18)32-2)37-27(31)19-13-23(33-3)26(35-5)24(14-19)34-4/h6-15H,16H2,1-5H3,(H,29,30). The first-order valence-electron chi connectivity index (χ1n) is 11.1. The van der Waals surface area contributed by atoms with Crippen molar-refractivity contribution in [2.75, 3.05) is 35.0 Å². The molecule has 3 aromatic carbocycles. The van der Waals surface area contributed by atoms with E-state index in [-0.39, 0.29) is 17.9 Å². The van der Waals surface area contributed by atoms with Gasteiger partial charge in [0.1, 0.15) is 5.75 Å². The van der Waals surface area contributed by atoms with Gasteiger partial charge in [-0.1, -0.05) is 18.2 Å². The maximum absolute atomic E-state index is 12.8. The first-order chi connectivity index (χ1) is 17.9. The number of hydrogen-bond acceptors (Lipinski definition) is 9. The Hall–Kier alpha value is -4.73. The third-order valence-electron chi connectivity index (χ3n) is 5.15. The van der Waals surface area contributed by atoms with Crippen LogP contribution in [0.3, 0.4) is 0 Å². The van der Waals surface area contributed by atoms with Crippen LogP contribution in [-0.2, 0) is 4.79 Å². The second-order valence-electron chi connectivity index (χ2n) is 7.56. The highest BCUT2D eigenvalue weighted by Crippen LogP contribution is 2.38. The van der Waals surface area contributed by atoms with Gasteiger partial charge in [-0.05, 0) is 54.4 Å². The van der Waals surface area contributed by atoms with Gasteiger partial charge >= 0.3 is 5.97 Å². The number of methoxy groups -OCH3 is 4. The Balaban J connectivity index is 1.65.